The van der Waals surface area contributed by atoms with Crippen molar-refractivity contribution in [3.63, 3.8) is 0 Å². The normalized spacial score (nSPS) is 24.0. The zero-order valence-electron chi connectivity index (χ0n) is 9.63. The molecule has 1 atom stereocenters. The summed E-state index contributed by atoms with van der Waals surface area (Å²) >= 11 is 0. The maximum absolute atomic E-state index is 10.6. The van der Waals surface area contributed by atoms with Crippen LogP contribution in [0.15, 0.2) is 12.4 Å². The van der Waals surface area contributed by atoms with Gasteiger partial charge in [0.05, 0.1) is 18.0 Å². The van der Waals surface area contributed by atoms with E-state index in [0.29, 0.717) is 31.7 Å². The van der Waals surface area contributed by atoms with Crippen molar-refractivity contribution in [2.75, 3.05) is 18.0 Å². The van der Waals surface area contributed by atoms with E-state index in [-0.39, 0.29) is 5.69 Å². The molecule has 6 nitrogen and oxygen atoms in total. The highest BCUT2D eigenvalue weighted by molar-refractivity contribution is 5.84. The van der Waals surface area contributed by atoms with Gasteiger partial charge in [-0.2, -0.15) is 0 Å². The van der Waals surface area contributed by atoms with Crippen LogP contribution in [-0.4, -0.2) is 44.8 Å². The minimum absolute atomic E-state index is 0.0706. The van der Waals surface area contributed by atoms with Crippen molar-refractivity contribution in [2.45, 2.75) is 25.4 Å². The van der Waals surface area contributed by atoms with Crippen LogP contribution in [0.25, 0.3) is 0 Å². The molecule has 1 fully saturated rings. The molecule has 0 saturated carbocycles. The van der Waals surface area contributed by atoms with Crippen LogP contribution in [0.1, 0.15) is 30.3 Å². The Labute approximate surface area is 98.9 Å². The van der Waals surface area contributed by atoms with E-state index in [1.165, 1.54) is 12.4 Å². The number of anilines is 1. The zero-order chi connectivity index (χ0) is 12.5. The Kier molecular flexibility index (Phi) is 2.97. The Bertz CT molecular complexity index is 420. The number of aliphatic hydroxyl groups is 1. The summed E-state index contributed by atoms with van der Waals surface area (Å²) in [5, 5.41) is 18.8. The fourth-order valence-corrected chi connectivity index (χ4v) is 1.94. The standard InChI is InChI=1S/C11H15N3O3/c1-2-11(17)3-4-14(7-11)9-6-12-8(5-13-9)10(15)16/h5-6,17H,2-4,7H2,1H3,(H,15,16). The van der Waals surface area contributed by atoms with Gasteiger partial charge in [-0.1, -0.05) is 6.92 Å². The number of carboxylic acid groups (broad SMARTS) is 1. The molecule has 1 aromatic heterocycles. The topological polar surface area (TPSA) is 86.5 Å². The summed E-state index contributed by atoms with van der Waals surface area (Å²) in [5.74, 6) is -0.477. The molecule has 1 aliphatic rings. The smallest absolute Gasteiger partial charge is 0.356 e. The first kappa shape index (κ1) is 11.8. The molecule has 2 heterocycles. The van der Waals surface area contributed by atoms with Gasteiger partial charge in [-0.05, 0) is 12.8 Å². The molecule has 17 heavy (non-hydrogen) atoms. The van der Waals surface area contributed by atoms with Crippen LogP contribution in [0.3, 0.4) is 0 Å². The van der Waals surface area contributed by atoms with Gasteiger partial charge in [-0.25, -0.2) is 14.8 Å². The zero-order valence-corrected chi connectivity index (χ0v) is 9.63. The van der Waals surface area contributed by atoms with Crippen molar-refractivity contribution in [1.82, 2.24) is 9.97 Å². The van der Waals surface area contributed by atoms with Crippen LogP contribution < -0.4 is 4.90 Å². The van der Waals surface area contributed by atoms with Crippen molar-refractivity contribution in [3.05, 3.63) is 18.1 Å². The van der Waals surface area contributed by atoms with Crippen LogP contribution >= 0.6 is 0 Å². The van der Waals surface area contributed by atoms with Gasteiger partial charge in [0.15, 0.2) is 5.69 Å². The van der Waals surface area contributed by atoms with Crippen molar-refractivity contribution in [3.8, 4) is 0 Å². The Morgan fingerprint density at radius 2 is 2.29 bits per heavy atom. The predicted molar refractivity (Wildman–Crippen MR) is 61.1 cm³/mol. The lowest BCUT2D eigenvalue weighted by Crippen LogP contribution is -2.32. The summed E-state index contributed by atoms with van der Waals surface area (Å²) < 4.78 is 0. The fraction of sp³-hybridized carbons (Fsp3) is 0.545. The Balaban J connectivity index is 2.12. The molecule has 1 saturated heterocycles. The molecule has 0 radical (unpaired) electrons. The lowest BCUT2D eigenvalue weighted by Gasteiger charge is -2.21. The molecule has 0 aliphatic carbocycles. The van der Waals surface area contributed by atoms with E-state index in [4.69, 9.17) is 5.11 Å². The number of nitrogens with zero attached hydrogens (tertiary/aromatic N) is 3. The largest absolute Gasteiger partial charge is 0.476 e. The summed E-state index contributed by atoms with van der Waals surface area (Å²) in [6.07, 6.45) is 4.07. The van der Waals surface area contributed by atoms with Gasteiger partial charge in [0.2, 0.25) is 0 Å². The number of rotatable bonds is 3. The van der Waals surface area contributed by atoms with Gasteiger partial charge < -0.3 is 15.1 Å². The van der Waals surface area contributed by atoms with E-state index in [9.17, 15) is 9.90 Å². The molecule has 0 bridgehead atoms. The number of carbonyl (C=O) groups is 1. The fourth-order valence-electron chi connectivity index (χ4n) is 1.94. The van der Waals surface area contributed by atoms with Crippen molar-refractivity contribution in [2.24, 2.45) is 0 Å². The summed E-state index contributed by atoms with van der Waals surface area (Å²) in [7, 11) is 0. The van der Waals surface area contributed by atoms with Gasteiger partial charge in [-0.15, -0.1) is 0 Å². The number of hydrogen-bond donors (Lipinski definition) is 2. The van der Waals surface area contributed by atoms with Gasteiger partial charge in [-0.3, -0.25) is 0 Å². The number of β-amino-alcohol motifs (C(OH)–C–C–N with tert-alkyl or cyclic N) is 1. The molecule has 2 rings (SSSR count). The molecule has 1 aliphatic heterocycles. The van der Waals surface area contributed by atoms with Crippen molar-refractivity contribution >= 4 is 11.8 Å². The summed E-state index contributed by atoms with van der Waals surface area (Å²) in [5.41, 5.74) is -0.730. The summed E-state index contributed by atoms with van der Waals surface area (Å²) in [6, 6.07) is 0. The second kappa shape index (κ2) is 4.29. The van der Waals surface area contributed by atoms with Crippen molar-refractivity contribution in [1.29, 1.82) is 0 Å². The summed E-state index contributed by atoms with van der Waals surface area (Å²) in [4.78, 5) is 20.4. The van der Waals surface area contributed by atoms with E-state index >= 15 is 0 Å². The van der Waals surface area contributed by atoms with E-state index in [1.807, 2.05) is 11.8 Å². The maximum Gasteiger partial charge on any atom is 0.356 e. The molecular weight excluding hydrogens is 222 g/mol. The van der Waals surface area contributed by atoms with E-state index in [1.54, 1.807) is 0 Å². The Morgan fingerprint density at radius 1 is 1.53 bits per heavy atom. The quantitative estimate of drug-likeness (QED) is 0.797. The Morgan fingerprint density at radius 3 is 2.76 bits per heavy atom. The highest BCUT2D eigenvalue weighted by Crippen LogP contribution is 2.27. The third-order valence-electron chi connectivity index (χ3n) is 3.17. The molecule has 0 spiro atoms. The van der Waals surface area contributed by atoms with E-state index < -0.39 is 11.6 Å². The molecule has 6 heteroatoms. The molecule has 1 unspecified atom stereocenters. The van der Waals surface area contributed by atoms with Crippen LogP contribution in [-0.2, 0) is 0 Å². The van der Waals surface area contributed by atoms with Gasteiger partial charge >= 0.3 is 5.97 Å². The van der Waals surface area contributed by atoms with Gasteiger partial charge in [0, 0.05) is 13.1 Å². The molecular formula is C11H15N3O3. The lowest BCUT2D eigenvalue weighted by atomic mass is 10.0. The van der Waals surface area contributed by atoms with Crippen molar-refractivity contribution < 1.29 is 15.0 Å². The predicted octanol–water partition coefficient (Wildman–Crippen LogP) is 0.526. The minimum atomic E-state index is -1.09. The first-order valence-corrected chi connectivity index (χ1v) is 5.57. The number of carboxylic acids is 1. The first-order valence-electron chi connectivity index (χ1n) is 5.57. The minimum Gasteiger partial charge on any atom is -0.476 e. The molecule has 92 valence electrons. The molecule has 1 aromatic rings. The molecule has 2 N–H and O–H groups in total. The van der Waals surface area contributed by atoms with Gasteiger partial charge in [0.1, 0.15) is 5.82 Å². The Hall–Kier alpha value is -1.69. The monoisotopic (exact) mass is 237 g/mol. The number of aromatic carboxylic acids is 1. The maximum atomic E-state index is 10.6. The summed E-state index contributed by atoms with van der Waals surface area (Å²) in [6.45, 7) is 3.18. The van der Waals surface area contributed by atoms with Crippen LogP contribution in [0.4, 0.5) is 5.82 Å². The van der Waals surface area contributed by atoms with Gasteiger partial charge in [0.25, 0.3) is 0 Å². The average Bonchev–Trinajstić information content (AvgIpc) is 2.73. The van der Waals surface area contributed by atoms with Crippen LogP contribution in [0.2, 0.25) is 0 Å². The van der Waals surface area contributed by atoms with Crippen LogP contribution in [0, 0.1) is 0 Å². The highest BCUT2D eigenvalue weighted by atomic mass is 16.4. The SMILES string of the molecule is CCC1(O)CCN(c2cnc(C(=O)O)cn2)C1. The number of hydrogen-bond acceptors (Lipinski definition) is 5. The second-order valence-corrected chi connectivity index (χ2v) is 4.31. The molecule has 0 aromatic carbocycles. The number of aromatic nitrogens is 2. The lowest BCUT2D eigenvalue weighted by molar-refractivity contribution is 0.0592. The van der Waals surface area contributed by atoms with Crippen LogP contribution in [0.5, 0.6) is 0 Å². The second-order valence-electron chi connectivity index (χ2n) is 4.31. The van der Waals surface area contributed by atoms with E-state index in [0.717, 1.165) is 0 Å². The third kappa shape index (κ3) is 2.36. The third-order valence-corrected chi connectivity index (χ3v) is 3.17. The highest BCUT2D eigenvalue weighted by Gasteiger charge is 2.34. The first-order chi connectivity index (χ1) is 8.04. The van der Waals surface area contributed by atoms with E-state index in [2.05, 4.69) is 9.97 Å². The average molecular weight is 237 g/mol. The molecule has 0 amide bonds.